The molecule has 2 atom stereocenters. The van der Waals surface area contributed by atoms with E-state index in [1.807, 2.05) is 6.92 Å². The SMILES string of the molecule is CCC(=O)C[S+]1CCC(C)C1. The van der Waals surface area contributed by atoms with E-state index >= 15 is 0 Å². The molecular formula is C9H17OS+. The Balaban J connectivity index is 2.23. The Morgan fingerprint density at radius 1 is 1.64 bits per heavy atom. The Bertz CT molecular complexity index is 144. The maximum absolute atomic E-state index is 11.1. The average Bonchev–Trinajstić information content (AvgIpc) is 2.35. The van der Waals surface area contributed by atoms with E-state index < -0.39 is 0 Å². The standard InChI is InChI=1S/C9H17OS/c1-3-9(10)7-11-5-4-8(2)6-11/h8H,3-7H2,1-2H3/q+1. The molecule has 0 aliphatic carbocycles. The van der Waals surface area contributed by atoms with Crippen molar-refractivity contribution in [1.29, 1.82) is 0 Å². The molecule has 64 valence electrons. The Hall–Kier alpha value is 0.0200. The lowest BCUT2D eigenvalue weighted by Gasteiger charge is -1.97. The van der Waals surface area contributed by atoms with Crippen molar-refractivity contribution >= 4 is 16.7 Å². The summed E-state index contributed by atoms with van der Waals surface area (Å²) in [4.78, 5) is 11.1. The van der Waals surface area contributed by atoms with Crippen molar-refractivity contribution in [3.05, 3.63) is 0 Å². The maximum atomic E-state index is 11.1. The fraction of sp³-hybridized carbons (Fsp3) is 0.889. The Labute approximate surface area is 71.9 Å². The molecule has 1 fully saturated rings. The Kier molecular flexibility index (Phi) is 3.44. The number of hydrogen-bond acceptors (Lipinski definition) is 1. The van der Waals surface area contributed by atoms with Crippen LogP contribution in [0.5, 0.6) is 0 Å². The highest BCUT2D eigenvalue weighted by Gasteiger charge is 2.30. The van der Waals surface area contributed by atoms with Crippen molar-refractivity contribution in [3.63, 3.8) is 0 Å². The monoisotopic (exact) mass is 173 g/mol. The first-order chi connectivity index (χ1) is 5.22. The lowest BCUT2D eigenvalue weighted by molar-refractivity contribution is -0.116. The third-order valence-corrected chi connectivity index (χ3v) is 4.76. The molecule has 11 heavy (non-hydrogen) atoms. The van der Waals surface area contributed by atoms with Crippen LogP contribution in [0.15, 0.2) is 0 Å². The number of rotatable bonds is 3. The van der Waals surface area contributed by atoms with Gasteiger partial charge in [-0.25, -0.2) is 0 Å². The molecule has 0 aromatic heterocycles. The van der Waals surface area contributed by atoms with Gasteiger partial charge in [-0.05, 0) is 17.3 Å². The predicted octanol–water partition coefficient (Wildman–Crippen LogP) is 1.62. The second-order valence-corrected chi connectivity index (χ2v) is 5.67. The largest absolute Gasteiger partial charge is 0.294 e. The topological polar surface area (TPSA) is 17.1 Å². The molecule has 1 aliphatic rings. The predicted molar refractivity (Wildman–Crippen MR) is 51.0 cm³/mol. The molecule has 1 nitrogen and oxygen atoms in total. The molecule has 1 rings (SSSR count). The molecule has 0 saturated carbocycles. The first-order valence-corrected chi connectivity index (χ1v) is 6.11. The third-order valence-electron chi connectivity index (χ3n) is 2.18. The first kappa shape index (κ1) is 9.11. The molecule has 0 amide bonds. The molecule has 0 radical (unpaired) electrons. The van der Waals surface area contributed by atoms with Gasteiger partial charge in [0.2, 0.25) is 0 Å². The van der Waals surface area contributed by atoms with E-state index in [4.69, 9.17) is 0 Å². The second-order valence-electron chi connectivity index (χ2n) is 3.41. The quantitative estimate of drug-likeness (QED) is 0.593. The van der Waals surface area contributed by atoms with Crippen molar-refractivity contribution in [1.82, 2.24) is 0 Å². The third kappa shape index (κ3) is 2.86. The molecular weight excluding hydrogens is 156 g/mol. The van der Waals surface area contributed by atoms with Crippen LogP contribution in [-0.4, -0.2) is 23.0 Å². The smallest absolute Gasteiger partial charge is 0.181 e. The summed E-state index contributed by atoms with van der Waals surface area (Å²) in [6, 6.07) is 0. The molecule has 1 saturated heterocycles. The van der Waals surface area contributed by atoms with Gasteiger partial charge in [-0.1, -0.05) is 13.8 Å². The Morgan fingerprint density at radius 3 is 2.82 bits per heavy atom. The fourth-order valence-corrected chi connectivity index (χ4v) is 4.19. The first-order valence-electron chi connectivity index (χ1n) is 4.38. The van der Waals surface area contributed by atoms with Crippen molar-refractivity contribution in [2.75, 3.05) is 17.3 Å². The van der Waals surface area contributed by atoms with Crippen LogP contribution in [0.3, 0.4) is 0 Å². The number of carbonyl (C=O) groups excluding carboxylic acids is 1. The number of Topliss-reactive ketones (excluding diaryl/α,β-unsaturated/α-hetero) is 1. The minimum absolute atomic E-state index is 0.461. The van der Waals surface area contributed by atoms with Gasteiger partial charge < -0.3 is 0 Å². The average molecular weight is 173 g/mol. The van der Waals surface area contributed by atoms with Crippen molar-refractivity contribution in [2.45, 2.75) is 26.7 Å². The molecule has 0 N–H and O–H groups in total. The minimum atomic E-state index is 0.461. The van der Waals surface area contributed by atoms with Crippen LogP contribution in [0.4, 0.5) is 0 Å². The van der Waals surface area contributed by atoms with Gasteiger partial charge in [0.25, 0.3) is 0 Å². The van der Waals surface area contributed by atoms with Gasteiger partial charge in [0.15, 0.2) is 11.5 Å². The highest BCUT2D eigenvalue weighted by Crippen LogP contribution is 2.19. The zero-order valence-corrected chi connectivity index (χ0v) is 8.25. The molecule has 0 aromatic carbocycles. The molecule has 0 bridgehead atoms. The van der Waals surface area contributed by atoms with Crippen molar-refractivity contribution < 1.29 is 4.79 Å². The normalized spacial score (nSPS) is 30.7. The highest BCUT2D eigenvalue weighted by molar-refractivity contribution is 7.97. The van der Waals surface area contributed by atoms with Crippen LogP contribution in [0.25, 0.3) is 0 Å². The van der Waals surface area contributed by atoms with Crippen molar-refractivity contribution in [3.8, 4) is 0 Å². The molecule has 0 spiro atoms. The zero-order chi connectivity index (χ0) is 8.27. The van der Waals surface area contributed by atoms with Crippen LogP contribution < -0.4 is 0 Å². The fourth-order valence-electron chi connectivity index (χ4n) is 1.40. The molecule has 1 aliphatic heterocycles. The van der Waals surface area contributed by atoms with Crippen LogP contribution in [0, 0.1) is 5.92 Å². The molecule has 2 heteroatoms. The van der Waals surface area contributed by atoms with Gasteiger partial charge in [0, 0.05) is 12.3 Å². The Morgan fingerprint density at radius 2 is 2.36 bits per heavy atom. The summed E-state index contributed by atoms with van der Waals surface area (Å²) >= 11 is 0. The minimum Gasteiger partial charge on any atom is -0.294 e. The lowest BCUT2D eigenvalue weighted by Crippen LogP contribution is -2.17. The van der Waals surface area contributed by atoms with Gasteiger partial charge in [-0.15, -0.1) is 0 Å². The lowest BCUT2D eigenvalue weighted by atomic mass is 10.2. The van der Waals surface area contributed by atoms with E-state index in [0.29, 0.717) is 16.7 Å². The van der Waals surface area contributed by atoms with E-state index in [1.165, 1.54) is 17.9 Å². The molecule has 1 heterocycles. The van der Waals surface area contributed by atoms with Crippen LogP contribution in [0.1, 0.15) is 26.7 Å². The highest BCUT2D eigenvalue weighted by atomic mass is 32.2. The van der Waals surface area contributed by atoms with E-state index in [9.17, 15) is 4.79 Å². The number of carbonyl (C=O) groups is 1. The second kappa shape index (κ2) is 4.15. The van der Waals surface area contributed by atoms with Gasteiger partial charge in [0.05, 0.1) is 0 Å². The molecule has 2 unspecified atom stereocenters. The zero-order valence-electron chi connectivity index (χ0n) is 7.43. The van der Waals surface area contributed by atoms with Gasteiger partial charge in [0.1, 0.15) is 11.5 Å². The summed E-state index contributed by atoms with van der Waals surface area (Å²) < 4.78 is 0. The number of hydrogen-bond donors (Lipinski definition) is 0. The van der Waals surface area contributed by atoms with E-state index in [2.05, 4.69) is 6.92 Å². The van der Waals surface area contributed by atoms with Crippen molar-refractivity contribution in [2.24, 2.45) is 5.92 Å². The van der Waals surface area contributed by atoms with E-state index in [-0.39, 0.29) is 0 Å². The number of ketones is 1. The van der Waals surface area contributed by atoms with Gasteiger partial charge in [-0.2, -0.15) is 0 Å². The van der Waals surface area contributed by atoms with Crippen LogP contribution in [-0.2, 0) is 15.7 Å². The summed E-state index contributed by atoms with van der Waals surface area (Å²) in [5, 5.41) is 0. The van der Waals surface area contributed by atoms with E-state index in [0.717, 1.165) is 18.1 Å². The van der Waals surface area contributed by atoms with E-state index in [1.54, 1.807) is 0 Å². The summed E-state index contributed by atoms with van der Waals surface area (Å²) in [5.74, 6) is 4.84. The summed E-state index contributed by atoms with van der Waals surface area (Å²) in [7, 11) is 0.463. The molecule has 0 aromatic rings. The van der Waals surface area contributed by atoms with Gasteiger partial charge >= 0.3 is 0 Å². The summed E-state index contributed by atoms with van der Waals surface area (Å²) in [5.41, 5.74) is 0. The van der Waals surface area contributed by atoms with Crippen LogP contribution in [0.2, 0.25) is 0 Å². The van der Waals surface area contributed by atoms with Crippen LogP contribution >= 0.6 is 0 Å². The summed E-state index contributed by atoms with van der Waals surface area (Å²) in [6.07, 6.45) is 2.08. The van der Waals surface area contributed by atoms with Gasteiger partial charge in [-0.3, -0.25) is 4.79 Å². The maximum Gasteiger partial charge on any atom is 0.181 e. The summed E-state index contributed by atoms with van der Waals surface area (Å²) in [6.45, 7) is 4.26.